The van der Waals surface area contributed by atoms with E-state index in [4.69, 9.17) is 0 Å². The summed E-state index contributed by atoms with van der Waals surface area (Å²) in [6, 6.07) is 18.0. The minimum atomic E-state index is -0.430. The third-order valence-electron chi connectivity index (χ3n) is 3.23. The number of urea groups is 1. The summed E-state index contributed by atoms with van der Waals surface area (Å²) in [6.07, 6.45) is 1.57. The molecule has 0 spiro atoms. The Labute approximate surface area is 159 Å². The zero-order valence-corrected chi connectivity index (χ0v) is 14.9. The van der Waals surface area contributed by atoms with Gasteiger partial charge in [-0.25, -0.2) is 10.2 Å². The SMILES string of the molecule is O=C(Cc1nnc(NC(=O)Nc2ccccc2)s1)N/N=C/c1ccccc1. The van der Waals surface area contributed by atoms with Crippen molar-refractivity contribution in [3.8, 4) is 0 Å². The Morgan fingerprint density at radius 1 is 0.963 bits per heavy atom. The van der Waals surface area contributed by atoms with Gasteiger partial charge in [0.2, 0.25) is 11.0 Å². The minimum Gasteiger partial charge on any atom is -0.308 e. The van der Waals surface area contributed by atoms with Crippen LogP contribution in [0.25, 0.3) is 0 Å². The maximum atomic E-state index is 11.9. The number of carbonyl (C=O) groups is 2. The van der Waals surface area contributed by atoms with E-state index < -0.39 is 6.03 Å². The summed E-state index contributed by atoms with van der Waals surface area (Å²) < 4.78 is 0. The van der Waals surface area contributed by atoms with Crippen LogP contribution in [0, 0.1) is 0 Å². The minimum absolute atomic E-state index is 0.0196. The summed E-state index contributed by atoms with van der Waals surface area (Å²) in [6.45, 7) is 0. The van der Waals surface area contributed by atoms with Crippen molar-refractivity contribution in [1.29, 1.82) is 0 Å². The number of amides is 3. The first kappa shape index (κ1) is 18.2. The number of rotatable bonds is 6. The third-order valence-corrected chi connectivity index (χ3v) is 4.07. The number of nitrogens with zero attached hydrogens (tertiary/aromatic N) is 3. The molecule has 1 heterocycles. The maximum Gasteiger partial charge on any atom is 0.325 e. The first-order chi connectivity index (χ1) is 13.2. The van der Waals surface area contributed by atoms with Crippen molar-refractivity contribution in [1.82, 2.24) is 15.6 Å². The highest BCUT2D eigenvalue weighted by molar-refractivity contribution is 7.15. The number of anilines is 2. The fourth-order valence-corrected chi connectivity index (χ4v) is 2.78. The topological polar surface area (TPSA) is 108 Å². The highest BCUT2D eigenvalue weighted by Crippen LogP contribution is 2.16. The Hall–Kier alpha value is -3.59. The molecule has 0 radical (unpaired) electrons. The zero-order chi connectivity index (χ0) is 18.9. The Morgan fingerprint density at radius 3 is 2.41 bits per heavy atom. The Balaban J connectivity index is 1.46. The van der Waals surface area contributed by atoms with Gasteiger partial charge in [-0.3, -0.25) is 10.1 Å². The average Bonchev–Trinajstić information content (AvgIpc) is 3.10. The van der Waals surface area contributed by atoms with Gasteiger partial charge < -0.3 is 5.32 Å². The van der Waals surface area contributed by atoms with E-state index in [0.717, 1.165) is 16.9 Å². The van der Waals surface area contributed by atoms with Crippen LogP contribution in [0.2, 0.25) is 0 Å². The van der Waals surface area contributed by atoms with Gasteiger partial charge >= 0.3 is 6.03 Å². The lowest BCUT2D eigenvalue weighted by Crippen LogP contribution is -2.19. The lowest BCUT2D eigenvalue weighted by Gasteiger charge is -2.03. The summed E-state index contributed by atoms with van der Waals surface area (Å²) in [5.74, 6) is -0.321. The van der Waals surface area contributed by atoms with Crippen molar-refractivity contribution in [3.63, 3.8) is 0 Å². The van der Waals surface area contributed by atoms with E-state index >= 15 is 0 Å². The second-order valence-corrected chi connectivity index (χ2v) is 6.39. The number of hydrazone groups is 1. The van der Waals surface area contributed by atoms with E-state index in [1.165, 1.54) is 0 Å². The van der Waals surface area contributed by atoms with Crippen LogP contribution in [0.4, 0.5) is 15.6 Å². The summed E-state index contributed by atoms with van der Waals surface area (Å²) in [7, 11) is 0. The number of nitrogens with one attached hydrogen (secondary N) is 3. The number of benzene rings is 2. The molecule has 9 heteroatoms. The molecule has 3 amide bonds. The van der Waals surface area contributed by atoms with E-state index in [2.05, 4.69) is 31.4 Å². The van der Waals surface area contributed by atoms with Crippen LogP contribution in [0.3, 0.4) is 0 Å². The van der Waals surface area contributed by atoms with Gasteiger partial charge in [-0.05, 0) is 17.7 Å². The fraction of sp³-hybridized carbons (Fsp3) is 0.0556. The lowest BCUT2D eigenvalue weighted by atomic mass is 10.2. The molecule has 8 nitrogen and oxygen atoms in total. The average molecular weight is 380 g/mol. The first-order valence-corrected chi connectivity index (χ1v) is 8.83. The standard InChI is InChI=1S/C18H16N6O2S/c25-15(22-19-12-13-7-3-1-4-8-13)11-16-23-24-18(27-16)21-17(26)20-14-9-5-2-6-10-14/h1-10,12H,11H2,(H,22,25)(H2,20,21,24,26)/b19-12+. The molecule has 0 saturated carbocycles. The molecule has 0 fully saturated rings. The van der Waals surface area contributed by atoms with Crippen molar-refractivity contribution < 1.29 is 9.59 Å². The number of para-hydroxylation sites is 1. The van der Waals surface area contributed by atoms with E-state index in [0.29, 0.717) is 15.8 Å². The highest BCUT2D eigenvalue weighted by Gasteiger charge is 2.11. The molecular formula is C18H16N6O2S. The Kier molecular flexibility index (Phi) is 6.21. The molecule has 3 N–H and O–H groups in total. The van der Waals surface area contributed by atoms with Crippen molar-refractivity contribution in [3.05, 3.63) is 71.2 Å². The van der Waals surface area contributed by atoms with Crippen molar-refractivity contribution in [2.45, 2.75) is 6.42 Å². The molecule has 0 atom stereocenters. The predicted octanol–water partition coefficient (Wildman–Crippen LogP) is 2.87. The Bertz CT molecular complexity index is 927. The summed E-state index contributed by atoms with van der Waals surface area (Å²) in [4.78, 5) is 23.8. The van der Waals surface area contributed by atoms with Gasteiger partial charge in [0.15, 0.2) is 0 Å². The number of hydrogen-bond donors (Lipinski definition) is 3. The molecule has 1 aromatic heterocycles. The Morgan fingerprint density at radius 2 is 1.67 bits per heavy atom. The van der Waals surface area contributed by atoms with Gasteiger partial charge in [0.25, 0.3) is 0 Å². The molecule has 136 valence electrons. The quantitative estimate of drug-likeness (QED) is 0.451. The second-order valence-electron chi connectivity index (χ2n) is 5.33. The molecule has 0 saturated heterocycles. The zero-order valence-electron chi connectivity index (χ0n) is 14.1. The van der Waals surface area contributed by atoms with Crippen LogP contribution in [-0.4, -0.2) is 28.4 Å². The second kappa shape index (κ2) is 9.20. The maximum absolute atomic E-state index is 11.9. The molecule has 3 aromatic rings. The highest BCUT2D eigenvalue weighted by atomic mass is 32.1. The van der Waals surface area contributed by atoms with Crippen LogP contribution in [0.5, 0.6) is 0 Å². The monoisotopic (exact) mass is 380 g/mol. The van der Waals surface area contributed by atoms with Gasteiger partial charge in [-0.15, -0.1) is 10.2 Å². The predicted molar refractivity (Wildman–Crippen MR) is 105 cm³/mol. The van der Waals surface area contributed by atoms with E-state index in [9.17, 15) is 9.59 Å². The molecule has 0 bridgehead atoms. The summed E-state index contributed by atoms with van der Waals surface area (Å²) in [5, 5.41) is 17.7. The van der Waals surface area contributed by atoms with Gasteiger partial charge in [0, 0.05) is 5.69 Å². The van der Waals surface area contributed by atoms with Gasteiger partial charge in [-0.1, -0.05) is 59.9 Å². The van der Waals surface area contributed by atoms with Crippen LogP contribution in [0.1, 0.15) is 10.6 Å². The summed E-state index contributed by atoms with van der Waals surface area (Å²) in [5.41, 5.74) is 3.97. The van der Waals surface area contributed by atoms with E-state index in [1.54, 1.807) is 18.3 Å². The van der Waals surface area contributed by atoms with Crippen LogP contribution in [-0.2, 0) is 11.2 Å². The smallest absolute Gasteiger partial charge is 0.308 e. The first-order valence-electron chi connectivity index (χ1n) is 8.01. The van der Waals surface area contributed by atoms with Gasteiger partial charge in [0.1, 0.15) is 5.01 Å². The molecule has 0 aliphatic rings. The largest absolute Gasteiger partial charge is 0.325 e. The van der Waals surface area contributed by atoms with E-state index in [1.807, 2.05) is 48.5 Å². The molecular weight excluding hydrogens is 364 g/mol. The molecule has 0 aliphatic heterocycles. The van der Waals surface area contributed by atoms with Crippen LogP contribution >= 0.6 is 11.3 Å². The molecule has 0 unspecified atom stereocenters. The van der Waals surface area contributed by atoms with Crippen molar-refractivity contribution in [2.24, 2.45) is 5.10 Å². The van der Waals surface area contributed by atoms with Crippen LogP contribution < -0.4 is 16.1 Å². The normalized spacial score (nSPS) is 10.5. The molecule has 27 heavy (non-hydrogen) atoms. The summed E-state index contributed by atoms with van der Waals surface area (Å²) >= 11 is 1.12. The number of carbonyl (C=O) groups excluding carboxylic acids is 2. The third kappa shape index (κ3) is 6.01. The number of aromatic nitrogens is 2. The van der Waals surface area contributed by atoms with Crippen molar-refractivity contribution >= 4 is 40.3 Å². The fourth-order valence-electron chi connectivity index (χ4n) is 2.05. The lowest BCUT2D eigenvalue weighted by molar-refractivity contribution is -0.120. The van der Waals surface area contributed by atoms with Crippen molar-refractivity contribution in [2.75, 3.05) is 10.6 Å². The molecule has 0 aliphatic carbocycles. The van der Waals surface area contributed by atoms with Crippen LogP contribution in [0.15, 0.2) is 65.8 Å². The molecule has 3 rings (SSSR count). The molecule has 2 aromatic carbocycles. The van der Waals surface area contributed by atoms with E-state index in [-0.39, 0.29) is 12.3 Å². The number of hydrogen-bond acceptors (Lipinski definition) is 6. The van der Waals surface area contributed by atoms with Gasteiger partial charge in [0.05, 0.1) is 12.6 Å². The van der Waals surface area contributed by atoms with Gasteiger partial charge in [-0.2, -0.15) is 5.10 Å².